The van der Waals surface area contributed by atoms with Gasteiger partial charge in [-0.05, 0) is 24.6 Å². The molecule has 28 heavy (non-hydrogen) atoms. The van der Waals surface area contributed by atoms with E-state index < -0.39 is 0 Å². The monoisotopic (exact) mass is 394 g/mol. The number of non-ortho nitro benzene ring substituents is 1. The first kappa shape index (κ1) is 18.6. The number of aromatic nitrogens is 1. The lowest BCUT2D eigenvalue weighted by molar-refractivity contribution is -0.384. The van der Waals surface area contributed by atoms with E-state index in [1.54, 1.807) is 23.5 Å². The number of benzene rings is 2. The summed E-state index contributed by atoms with van der Waals surface area (Å²) in [7, 11) is 0. The van der Waals surface area contributed by atoms with Crippen LogP contribution in [0.5, 0.6) is 0 Å². The molecule has 1 aromatic heterocycles. The Bertz CT molecular complexity index is 963. The molecule has 1 aliphatic rings. The van der Waals surface area contributed by atoms with Crippen molar-refractivity contribution in [2.24, 2.45) is 0 Å². The van der Waals surface area contributed by atoms with Crippen LogP contribution in [0.2, 0.25) is 0 Å². The van der Waals surface area contributed by atoms with Crippen LogP contribution in [0.15, 0.2) is 53.9 Å². The van der Waals surface area contributed by atoms with E-state index in [1.807, 2.05) is 12.1 Å². The van der Waals surface area contributed by atoms with E-state index >= 15 is 0 Å². The average molecular weight is 395 g/mol. The maximum atomic E-state index is 10.8. The van der Waals surface area contributed by atoms with Gasteiger partial charge in [-0.15, -0.1) is 11.3 Å². The summed E-state index contributed by atoms with van der Waals surface area (Å²) in [6.45, 7) is 6.70. The normalized spacial score (nSPS) is 15.0. The molecule has 2 aromatic carbocycles. The molecule has 1 aliphatic heterocycles. The molecule has 2 heterocycles. The van der Waals surface area contributed by atoms with Crippen molar-refractivity contribution < 1.29 is 4.92 Å². The molecule has 0 unspecified atom stereocenters. The summed E-state index contributed by atoms with van der Waals surface area (Å²) in [6.07, 6.45) is 0. The number of hydrogen-bond donors (Lipinski definition) is 0. The Kier molecular flexibility index (Phi) is 5.36. The van der Waals surface area contributed by atoms with Gasteiger partial charge in [0.05, 0.1) is 10.6 Å². The molecule has 0 saturated carbocycles. The highest BCUT2D eigenvalue weighted by Gasteiger charge is 2.19. The van der Waals surface area contributed by atoms with Crippen molar-refractivity contribution in [2.45, 2.75) is 13.5 Å². The van der Waals surface area contributed by atoms with E-state index in [0.29, 0.717) is 0 Å². The maximum Gasteiger partial charge on any atom is 0.269 e. The third-order valence-corrected chi connectivity index (χ3v) is 6.04. The Morgan fingerprint density at radius 2 is 1.79 bits per heavy atom. The molecule has 1 fully saturated rings. The van der Waals surface area contributed by atoms with Gasteiger partial charge in [-0.3, -0.25) is 15.0 Å². The van der Waals surface area contributed by atoms with Crippen LogP contribution >= 0.6 is 11.3 Å². The van der Waals surface area contributed by atoms with Gasteiger partial charge in [-0.2, -0.15) is 0 Å². The number of piperazine rings is 1. The van der Waals surface area contributed by atoms with Crippen LogP contribution in [0.4, 0.5) is 11.4 Å². The molecule has 3 aromatic rings. The van der Waals surface area contributed by atoms with Crippen LogP contribution in [-0.4, -0.2) is 41.0 Å². The molecule has 1 saturated heterocycles. The number of nitro benzene ring substituents is 1. The average Bonchev–Trinajstić information content (AvgIpc) is 3.17. The van der Waals surface area contributed by atoms with Gasteiger partial charge < -0.3 is 4.90 Å². The van der Waals surface area contributed by atoms with Crippen molar-refractivity contribution in [1.29, 1.82) is 0 Å². The van der Waals surface area contributed by atoms with E-state index in [2.05, 4.69) is 46.4 Å². The Morgan fingerprint density at radius 1 is 1.07 bits per heavy atom. The van der Waals surface area contributed by atoms with Gasteiger partial charge in [0.1, 0.15) is 5.01 Å². The summed E-state index contributed by atoms with van der Waals surface area (Å²) in [6, 6.07) is 15.2. The summed E-state index contributed by atoms with van der Waals surface area (Å²) < 4.78 is 0. The van der Waals surface area contributed by atoms with Crippen molar-refractivity contribution in [1.82, 2.24) is 9.88 Å². The van der Waals surface area contributed by atoms with Crippen LogP contribution in [-0.2, 0) is 6.54 Å². The van der Waals surface area contributed by atoms with Gasteiger partial charge in [0.15, 0.2) is 0 Å². The van der Waals surface area contributed by atoms with Gasteiger partial charge in [-0.25, -0.2) is 4.98 Å². The van der Waals surface area contributed by atoms with E-state index in [0.717, 1.165) is 49.1 Å². The summed E-state index contributed by atoms with van der Waals surface area (Å²) >= 11 is 1.70. The Hall–Kier alpha value is -2.77. The molecule has 0 N–H and O–H groups in total. The molecule has 7 heteroatoms. The van der Waals surface area contributed by atoms with Crippen molar-refractivity contribution in [3.63, 3.8) is 0 Å². The zero-order valence-corrected chi connectivity index (χ0v) is 16.6. The van der Waals surface area contributed by atoms with Crippen LogP contribution in [0.1, 0.15) is 11.3 Å². The fourth-order valence-electron chi connectivity index (χ4n) is 3.49. The van der Waals surface area contributed by atoms with Gasteiger partial charge in [0.2, 0.25) is 0 Å². The first-order valence-corrected chi connectivity index (χ1v) is 10.2. The maximum absolute atomic E-state index is 10.8. The zero-order chi connectivity index (χ0) is 19.5. The Morgan fingerprint density at radius 3 is 2.46 bits per heavy atom. The first-order chi connectivity index (χ1) is 13.6. The van der Waals surface area contributed by atoms with Gasteiger partial charge in [0, 0.05) is 61.5 Å². The van der Waals surface area contributed by atoms with Crippen LogP contribution in [0.25, 0.3) is 10.6 Å². The number of hydrogen-bond acceptors (Lipinski definition) is 6. The van der Waals surface area contributed by atoms with Gasteiger partial charge in [0.25, 0.3) is 5.69 Å². The molecule has 0 spiro atoms. The largest absolute Gasteiger partial charge is 0.369 e. The lowest BCUT2D eigenvalue weighted by Crippen LogP contribution is -2.46. The topological polar surface area (TPSA) is 62.5 Å². The number of aryl methyl sites for hydroxylation is 1. The SMILES string of the molecule is Cc1ccccc1-c1nc(CN2CCN(c3ccc([N+](=O)[O-])cc3)CC2)cs1. The Labute approximate surface area is 168 Å². The second kappa shape index (κ2) is 8.08. The van der Waals surface area contributed by atoms with E-state index in [-0.39, 0.29) is 10.6 Å². The van der Waals surface area contributed by atoms with Crippen molar-refractivity contribution in [2.75, 3.05) is 31.1 Å². The minimum Gasteiger partial charge on any atom is -0.369 e. The fourth-order valence-corrected chi connectivity index (χ4v) is 4.40. The summed E-state index contributed by atoms with van der Waals surface area (Å²) in [4.78, 5) is 20.0. The highest BCUT2D eigenvalue weighted by Crippen LogP contribution is 2.27. The fraction of sp³-hybridized carbons (Fsp3) is 0.286. The summed E-state index contributed by atoms with van der Waals surface area (Å²) in [5, 5.41) is 14.0. The lowest BCUT2D eigenvalue weighted by atomic mass is 10.1. The van der Waals surface area contributed by atoms with Crippen LogP contribution in [0, 0.1) is 17.0 Å². The molecule has 0 atom stereocenters. The number of rotatable bonds is 5. The van der Waals surface area contributed by atoms with Crippen LogP contribution < -0.4 is 4.90 Å². The van der Waals surface area contributed by atoms with Gasteiger partial charge >= 0.3 is 0 Å². The minimum absolute atomic E-state index is 0.135. The standard InChI is InChI=1S/C21H22N4O2S/c1-16-4-2-3-5-20(16)21-22-17(15-28-21)14-23-10-12-24(13-11-23)18-6-8-19(9-7-18)25(26)27/h2-9,15H,10-14H2,1H3. The highest BCUT2D eigenvalue weighted by molar-refractivity contribution is 7.13. The second-order valence-electron chi connectivity index (χ2n) is 7.00. The number of nitro groups is 1. The summed E-state index contributed by atoms with van der Waals surface area (Å²) in [5.74, 6) is 0. The second-order valence-corrected chi connectivity index (χ2v) is 7.85. The highest BCUT2D eigenvalue weighted by atomic mass is 32.1. The molecule has 0 bridgehead atoms. The molecule has 144 valence electrons. The number of nitrogens with zero attached hydrogens (tertiary/aromatic N) is 4. The quantitative estimate of drug-likeness (QED) is 0.476. The van der Waals surface area contributed by atoms with E-state index in [1.165, 1.54) is 11.1 Å². The molecule has 6 nitrogen and oxygen atoms in total. The van der Waals surface area contributed by atoms with Crippen molar-refractivity contribution in [3.05, 3.63) is 75.3 Å². The van der Waals surface area contributed by atoms with Crippen molar-refractivity contribution in [3.8, 4) is 10.6 Å². The molecule has 4 rings (SSSR count). The lowest BCUT2D eigenvalue weighted by Gasteiger charge is -2.35. The molecular weight excluding hydrogens is 372 g/mol. The zero-order valence-electron chi connectivity index (χ0n) is 15.7. The van der Waals surface area contributed by atoms with E-state index in [9.17, 15) is 10.1 Å². The Balaban J connectivity index is 1.35. The van der Waals surface area contributed by atoms with E-state index in [4.69, 9.17) is 4.98 Å². The van der Waals surface area contributed by atoms with Crippen LogP contribution in [0.3, 0.4) is 0 Å². The molecule has 0 amide bonds. The molecule has 0 radical (unpaired) electrons. The smallest absolute Gasteiger partial charge is 0.269 e. The number of anilines is 1. The first-order valence-electron chi connectivity index (χ1n) is 9.32. The third-order valence-electron chi connectivity index (χ3n) is 5.11. The molecule has 0 aliphatic carbocycles. The predicted octanol–water partition coefficient (Wildman–Crippen LogP) is 4.35. The minimum atomic E-state index is -0.360. The van der Waals surface area contributed by atoms with Crippen molar-refractivity contribution >= 4 is 22.7 Å². The number of thiazole rings is 1. The third kappa shape index (κ3) is 4.05. The molecular formula is C21H22N4O2S. The van der Waals surface area contributed by atoms with Gasteiger partial charge in [-0.1, -0.05) is 24.3 Å². The summed E-state index contributed by atoms with van der Waals surface area (Å²) in [5.41, 5.74) is 4.75. The predicted molar refractivity (Wildman–Crippen MR) is 113 cm³/mol.